The molecule has 0 unspecified atom stereocenters. The summed E-state index contributed by atoms with van der Waals surface area (Å²) >= 11 is 0. The number of aromatic amines is 1. The molecule has 3 rings (SSSR count). The lowest BCUT2D eigenvalue weighted by Gasteiger charge is -2.40. The molecule has 2 heterocycles. The lowest BCUT2D eigenvalue weighted by atomic mass is 9.81. The molecular formula is C36H57N5O4. The average molecular weight is 624 g/mol. The Morgan fingerprint density at radius 1 is 1.04 bits per heavy atom. The first-order valence-corrected chi connectivity index (χ1v) is 16.9. The number of likely N-dealkylation sites (N-methyl/N-ethyl adjacent to an activating group) is 1. The molecule has 0 radical (unpaired) electrons. The van der Waals surface area contributed by atoms with Gasteiger partial charge in [-0.05, 0) is 42.6 Å². The van der Waals surface area contributed by atoms with Crippen molar-refractivity contribution in [2.24, 2.45) is 29.6 Å². The minimum Gasteiger partial charge on any atom is -0.379 e. The van der Waals surface area contributed by atoms with Gasteiger partial charge in [0.2, 0.25) is 11.8 Å². The first kappa shape index (κ1) is 36.4. The van der Waals surface area contributed by atoms with Crippen LogP contribution in [0.5, 0.6) is 0 Å². The Kier molecular flexibility index (Phi) is 13.8. The summed E-state index contributed by atoms with van der Waals surface area (Å²) in [5, 5.41) is 7.01. The molecule has 1 fully saturated rings. The fourth-order valence-corrected chi connectivity index (χ4v) is 6.90. The average Bonchev–Trinajstić information content (AvgIpc) is 3.76. The second-order valence-electron chi connectivity index (χ2n) is 13.7. The molecule has 1 aromatic carbocycles. The predicted molar refractivity (Wildman–Crippen MR) is 177 cm³/mol. The van der Waals surface area contributed by atoms with Gasteiger partial charge in [0.1, 0.15) is 17.9 Å². The van der Waals surface area contributed by atoms with E-state index in [2.05, 4.69) is 61.9 Å². The summed E-state index contributed by atoms with van der Waals surface area (Å²) in [6.45, 7) is 15.1. The van der Waals surface area contributed by atoms with Gasteiger partial charge in [0.25, 0.3) is 0 Å². The van der Waals surface area contributed by atoms with E-state index in [1.807, 2.05) is 48.9 Å². The SMILES string of the molecule is CC[C@H](C)[C@@H]([C@@H](CC(=O)N1CCC[C@H]1[C@H](C)[C@@H](C)C(=O)C[C@@H](Cc1ccccc1)c1ncn[nH]1)OC)N(C)C(=O)[C@@H](C)C(C)C. The summed E-state index contributed by atoms with van der Waals surface area (Å²) in [6.07, 6.45) is 4.97. The number of hydrogen-bond donors (Lipinski definition) is 1. The molecule has 1 aromatic heterocycles. The molecule has 2 aromatic rings. The zero-order chi connectivity index (χ0) is 33.3. The predicted octanol–water partition coefficient (Wildman–Crippen LogP) is 5.92. The number of ketones is 1. The number of nitrogens with zero attached hydrogens (tertiary/aromatic N) is 4. The molecule has 0 spiro atoms. The Morgan fingerprint density at radius 3 is 2.31 bits per heavy atom. The number of hydrogen-bond acceptors (Lipinski definition) is 6. The van der Waals surface area contributed by atoms with Crippen molar-refractivity contribution in [3.63, 3.8) is 0 Å². The maximum Gasteiger partial charge on any atom is 0.225 e. The first-order chi connectivity index (χ1) is 21.4. The van der Waals surface area contributed by atoms with Crippen LogP contribution in [0.25, 0.3) is 0 Å². The number of Topliss-reactive ketones (excluding diaryl/α,β-unsaturated/α-hetero) is 1. The van der Waals surface area contributed by atoms with Crippen molar-refractivity contribution in [3.05, 3.63) is 48.0 Å². The summed E-state index contributed by atoms with van der Waals surface area (Å²) in [5.41, 5.74) is 1.15. The summed E-state index contributed by atoms with van der Waals surface area (Å²) in [4.78, 5) is 49.3. The zero-order valence-corrected chi connectivity index (χ0v) is 29.0. The van der Waals surface area contributed by atoms with Crippen LogP contribution < -0.4 is 0 Å². The van der Waals surface area contributed by atoms with Crippen LogP contribution in [0.1, 0.15) is 97.9 Å². The van der Waals surface area contributed by atoms with E-state index >= 15 is 0 Å². The normalized spacial score (nSPS) is 19.9. The molecule has 45 heavy (non-hydrogen) atoms. The molecule has 2 amide bonds. The van der Waals surface area contributed by atoms with Crippen LogP contribution in [0.3, 0.4) is 0 Å². The van der Waals surface area contributed by atoms with Crippen LogP contribution in [0.15, 0.2) is 36.7 Å². The second-order valence-corrected chi connectivity index (χ2v) is 13.7. The smallest absolute Gasteiger partial charge is 0.225 e. The van der Waals surface area contributed by atoms with Crippen LogP contribution in [0.2, 0.25) is 0 Å². The molecule has 9 nitrogen and oxygen atoms in total. The standard InChI is InChI=1S/C36H57N5O4/c1-10-24(4)34(40(8)36(44)25(5)23(2)3)32(45-9)21-33(43)41-18-14-17-30(41)26(6)27(7)31(42)20-29(35-37-22-38-39-35)19-28-15-12-11-13-16-28/h11-13,15-16,22-27,29-30,32,34H,10,14,17-21H2,1-9H3,(H,37,38,39)/t24-,25-,26+,27+,29+,30-,32+,34-/m0/s1. The molecule has 0 saturated carbocycles. The molecule has 0 aliphatic carbocycles. The minimum atomic E-state index is -0.419. The molecule has 250 valence electrons. The number of ether oxygens (including phenoxy) is 1. The van der Waals surface area contributed by atoms with Gasteiger partial charge < -0.3 is 14.5 Å². The zero-order valence-electron chi connectivity index (χ0n) is 29.0. The second kappa shape index (κ2) is 17.0. The maximum absolute atomic E-state index is 13.9. The number of amides is 2. The summed E-state index contributed by atoms with van der Waals surface area (Å²) in [6, 6.07) is 9.90. The first-order valence-electron chi connectivity index (χ1n) is 16.9. The van der Waals surface area contributed by atoms with E-state index in [1.54, 1.807) is 7.11 Å². The van der Waals surface area contributed by atoms with Crippen molar-refractivity contribution in [2.45, 2.75) is 111 Å². The van der Waals surface area contributed by atoms with Gasteiger partial charge in [-0.15, -0.1) is 0 Å². The number of aromatic nitrogens is 3. The third-order valence-corrected chi connectivity index (χ3v) is 10.6. The fourth-order valence-electron chi connectivity index (χ4n) is 6.90. The number of H-pyrrole nitrogens is 1. The lowest BCUT2D eigenvalue weighted by molar-refractivity contribution is -0.146. The highest BCUT2D eigenvalue weighted by Gasteiger charge is 2.41. The molecule has 9 heteroatoms. The van der Waals surface area contributed by atoms with E-state index in [9.17, 15) is 14.4 Å². The van der Waals surface area contributed by atoms with Crippen molar-refractivity contribution in [3.8, 4) is 0 Å². The quantitative estimate of drug-likeness (QED) is 0.234. The number of likely N-dealkylation sites (tertiary alicyclic amines) is 1. The van der Waals surface area contributed by atoms with Gasteiger partial charge in [-0.1, -0.05) is 85.2 Å². The van der Waals surface area contributed by atoms with Crippen molar-refractivity contribution >= 4 is 17.6 Å². The summed E-state index contributed by atoms with van der Waals surface area (Å²) in [5.74, 6) is 0.950. The minimum absolute atomic E-state index is 0.00134. The van der Waals surface area contributed by atoms with Gasteiger partial charge in [-0.2, -0.15) is 5.10 Å². The van der Waals surface area contributed by atoms with Gasteiger partial charge in [0.15, 0.2) is 0 Å². The Balaban J connectivity index is 1.72. The van der Waals surface area contributed by atoms with Crippen LogP contribution in [0, 0.1) is 29.6 Å². The van der Waals surface area contributed by atoms with Crippen LogP contribution >= 0.6 is 0 Å². The van der Waals surface area contributed by atoms with Crippen molar-refractivity contribution in [2.75, 3.05) is 20.7 Å². The molecule has 0 bridgehead atoms. The molecule has 8 atom stereocenters. The van der Waals surface area contributed by atoms with Crippen LogP contribution in [-0.2, 0) is 25.5 Å². The number of rotatable bonds is 17. The van der Waals surface area contributed by atoms with E-state index < -0.39 is 6.10 Å². The van der Waals surface area contributed by atoms with E-state index in [0.717, 1.165) is 30.7 Å². The Morgan fingerprint density at radius 2 is 1.73 bits per heavy atom. The van der Waals surface area contributed by atoms with Gasteiger partial charge in [-0.25, -0.2) is 4.98 Å². The highest BCUT2D eigenvalue weighted by molar-refractivity contribution is 5.82. The van der Waals surface area contributed by atoms with E-state index in [4.69, 9.17) is 4.74 Å². The van der Waals surface area contributed by atoms with E-state index in [1.165, 1.54) is 6.33 Å². The monoisotopic (exact) mass is 623 g/mol. The van der Waals surface area contributed by atoms with E-state index in [-0.39, 0.29) is 71.6 Å². The van der Waals surface area contributed by atoms with Gasteiger partial charge >= 0.3 is 0 Å². The third kappa shape index (κ3) is 9.24. The van der Waals surface area contributed by atoms with Crippen molar-refractivity contribution in [1.29, 1.82) is 0 Å². The van der Waals surface area contributed by atoms with Crippen LogP contribution in [0.4, 0.5) is 0 Å². The lowest BCUT2D eigenvalue weighted by Crippen LogP contribution is -2.53. The number of nitrogens with one attached hydrogen (secondary N) is 1. The van der Waals surface area contributed by atoms with Gasteiger partial charge in [0, 0.05) is 50.9 Å². The Labute approximate surface area is 270 Å². The molecule has 1 saturated heterocycles. The fraction of sp³-hybridized carbons (Fsp3) is 0.694. The maximum atomic E-state index is 13.9. The van der Waals surface area contributed by atoms with Gasteiger partial charge in [0.05, 0.1) is 18.6 Å². The molecular weight excluding hydrogens is 566 g/mol. The molecule has 1 aliphatic rings. The highest BCUT2D eigenvalue weighted by Crippen LogP contribution is 2.33. The number of benzene rings is 1. The largest absolute Gasteiger partial charge is 0.379 e. The summed E-state index contributed by atoms with van der Waals surface area (Å²) < 4.78 is 5.98. The third-order valence-electron chi connectivity index (χ3n) is 10.6. The van der Waals surface area contributed by atoms with E-state index in [0.29, 0.717) is 19.4 Å². The Hall–Kier alpha value is -3.07. The highest BCUT2D eigenvalue weighted by atomic mass is 16.5. The number of carbonyl (C=O) groups is 3. The molecule has 1 N–H and O–H groups in total. The Bertz CT molecular complexity index is 1200. The van der Waals surface area contributed by atoms with Gasteiger partial charge in [-0.3, -0.25) is 19.5 Å². The number of methoxy groups -OCH3 is 1. The molecule has 1 aliphatic heterocycles. The van der Waals surface area contributed by atoms with Crippen molar-refractivity contribution < 1.29 is 19.1 Å². The van der Waals surface area contributed by atoms with Crippen molar-refractivity contribution in [1.82, 2.24) is 25.0 Å². The summed E-state index contributed by atoms with van der Waals surface area (Å²) in [7, 11) is 3.50. The topological polar surface area (TPSA) is 108 Å². The number of carbonyl (C=O) groups excluding carboxylic acids is 3. The van der Waals surface area contributed by atoms with Crippen LogP contribution in [-0.4, -0.2) is 81.5 Å².